The van der Waals surface area contributed by atoms with E-state index in [0.29, 0.717) is 30.5 Å². The SMILES string of the molecule is COc1ccc(CC(=O)N(Cc2ccc(Cl)cc2)[C@H](Cc2ccccc2)C(=O)NCC(C)C)cc1. The van der Waals surface area contributed by atoms with Gasteiger partial charge in [0.1, 0.15) is 11.8 Å². The molecule has 0 aliphatic heterocycles. The summed E-state index contributed by atoms with van der Waals surface area (Å²) in [5.41, 5.74) is 2.76. The summed E-state index contributed by atoms with van der Waals surface area (Å²) in [6, 6.07) is 24.0. The molecule has 5 nitrogen and oxygen atoms in total. The third-order valence-corrected chi connectivity index (χ3v) is 5.99. The van der Waals surface area contributed by atoms with Crippen LogP contribution in [0, 0.1) is 5.92 Å². The second kappa shape index (κ2) is 13.0. The molecule has 0 aromatic heterocycles. The lowest BCUT2D eigenvalue weighted by molar-refractivity contribution is -0.140. The van der Waals surface area contributed by atoms with Gasteiger partial charge in [0, 0.05) is 24.5 Å². The molecule has 3 aromatic carbocycles. The third kappa shape index (κ3) is 8.15. The normalized spacial score (nSPS) is 11.7. The summed E-state index contributed by atoms with van der Waals surface area (Å²) in [5, 5.41) is 3.67. The summed E-state index contributed by atoms with van der Waals surface area (Å²) in [5.74, 6) is 0.760. The molecule has 0 unspecified atom stereocenters. The minimum atomic E-state index is -0.655. The van der Waals surface area contributed by atoms with Gasteiger partial charge in [0.2, 0.25) is 11.8 Å². The zero-order chi connectivity index (χ0) is 25.2. The van der Waals surface area contributed by atoms with E-state index < -0.39 is 6.04 Å². The van der Waals surface area contributed by atoms with Gasteiger partial charge >= 0.3 is 0 Å². The number of rotatable bonds is 11. The van der Waals surface area contributed by atoms with E-state index in [1.54, 1.807) is 24.1 Å². The highest BCUT2D eigenvalue weighted by molar-refractivity contribution is 6.30. The first kappa shape index (κ1) is 26.3. The van der Waals surface area contributed by atoms with Gasteiger partial charge in [-0.1, -0.05) is 80.0 Å². The lowest BCUT2D eigenvalue weighted by atomic mass is 10.0. The van der Waals surface area contributed by atoms with Gasteiger partial charge in [0.15, 0.2) is 0 Å². The number of benzene rings is 3. The van der Waals surface area contributed by atoms with Crippen LogP contribution in [0.4, 0.5) is 0 Å². The zero-order valence-electron chi connectivity index (χ0n) is 20.5. The number of carbonyl (C=O) groups is 2. The van der Waals surface area contributed by atoms with Gasteiger partial charge in [-0.2, -0.15) is 0 Å². The van der Waals surface area contributed by atoms with Crippen molar-refractivity contribution in [2.24, 2.45) is 5.92 Å². The molecule has 0 aliphatic carbocycles. The largest absolute Gasteiger partial charge is 0.497 e. The number of hydrogen-bond acceptors (Lipinski definition) is 3. The van der Waals surface area contributed by atoms with Crippen molar-refractivity contribution in [2.75, 3.05) is 13.7 Å². The van der Waals surface area contributed by atoms with Crippen LogP contribution < -0.4 is 10.1 Å². The molecule has 1 atom stereocenters. The van der Waals surface area contributed by atoms with Crippen LogP contribution in [0.2, 0.25) is 5.02 Å². The van der Waals surface area contributed by atoms with Gasteiger partial charge in [-0.25, -0.2) is 0 Å². The molecule has 1 N–H and O–H groups in total. The standard InChI is InChI=1S/C29H33ClN2O3/c1-21(2)19-31-29(34)27(17-22-7-5-4-6-8-22)32(20-24-9-13-25(30)14-10-24)28(33)18-23-11-15-26(35-3)16-12-23/h4-16,21,27H,17-20H2,1-3H3,(H,31,34)/t27-/m1/s1. The first-order chi connectivity index (χ1) is 16.9. The van der Waals surface area contributed by atoms with Crippen LogP contribution in [0.25, 0.3) is 0 Å². The quantitative estimate of drug-likeness (QED) is 0.395. The molecular weight excluding hydrogens is 460 g/mol. The van der Waals surface area contributed by atoms with E-state index in [2.05, 4.69) is 5.32 Å². The second-order valence-corrected chi connectivity index (χ2v) is 9.45. The maximum atomic E-state index is 13.7. The smallest absolute Gasteiger partial charge is 0.243 e. The Morgan fingerprint density at radius 1 is 0.886 bits per heavy atom. The summed E-state index contributed by atoms with van der Waals surface area (Å²) in [6.07, 6.45) is 0.604. The Labute approximate surface area is 213 Å². The van der Waals surface area contributed by atoms with Crippen molar-refractivity contribution in [2.45, 2.75) is 39.3 Å². The average Bonchev–Trinajstić information content (AvgIpc) is 2.86. The van der Waals surface area contributed by atoms with Gasteiger partial charge in [-0.15, -0.1) is 0 Å². The highest BCUT2D eigenvalue weighted by atomic mass is 35.5. The van der Waals surface area contributed by atoms with E-state index in [1.807, 2.05) is 80.6 Å². The molecule has 0 aliphatic rings. The summed E-state index contributed by atoms with van der Waals surface area (Å²) >= 11 is 6.08. The molecule has 184 valence electrons. The van der Waals surface area contributed by atoms with Gasteiger partial charge < -0.3 is 15.0 Å². The van der Waals surface area contributed by atoms with E-state index in [9.17, 15) is 9.59 Å². The van der Waals surface area contributed by atoms with E-state index in [1.165, 1.54) is 0 Å². The first-order valence-corrected chi connectivity index (χ1v) is 12.2. The number of halogens is 1. The zero-order valence-corrected chi connectivity index (χ0v) is 21.3. The molecule has 0 spiro atoms. The molecular formula is C29H33ClN2O3. The molecule has 6 heteroatoms. The Hall–Kier alpha value is -3.31. The molecule has 35 heavy (non-hydrogen) atoms. The molecule has 0 radical (unpaired) electrons. The Kier molecular flexibility index (Phi) is 9.74. The Balaban J connectivity index is 1.93. The van der Waals surface area contributed by atoms with E-state index >= 15 is 0 Å². The van der Waals surface area contributed by atoms with Crippen molar-refractivity contribution < 1.29 is 14.3 Å². The van der Waals surface area contributed by atoms with Crippen molar-refractivity contribution in [1.82, 2.24) is 10.2 Å². The Morgan fingerprint density at radius 2 is 1.51 bits per heavy atom. The van der Waals surface area contributed by atoms with Gasteiger partial charge in [0.25, 0.3) is 0 Å². The highest BCUT2D eigenvalue weighted by Gasteiger charge is 2.30. The Morgan fingerprint density at radius 3 is 2.11 bits per heavy atom. The van der Waals surface area contributed by atoms with Crippen molar-refractivity contribution in [3.05, 3.63) is 101 Å². The summed E-state index contributed by atoms with van der Waals surface area (Å²) < 4.78 is 5.23. The lowest BCUT2D eigenvalue weighted by Crippen LogP contribution is -2.51. The summed E-state index contributed by atoms with van der Waals surface area (Å²) in [6.45, 7) is 4.95. The van der Waals surface area contributed by atoms with Crippen molar-refractivity contribution in [3.63, 3.8) is 0 Å². The Bertz CT molecular complexity index is 1080. The molecule has 0 bridgehead atoms. The molecule has 0 saturated carbocycles. The van der Waals surface area contributed by atoms with Crippen molar-refractivity contribution >= 4 is 23.4 Å². The summed E-state index contributed by atoms with van der Waals surface area (Å²) in [7, 11) is 1.61. The van der Waals surface area contributed by atoms with E-state index in [-0.39, 0.29) is 18.2 Å². The fourth-order valence-corrected chi connectivity index (χ4v) is 3.91. The van der Waals surface area contributed by atoms with Crippen LogP contribution in [0.5, 0.6) is 5.75 Å². The molecule has 0 fully saturated rings. The fourth-order valence-electron chi connectivity index (χ4n) is 3.78. The number of hydrogen-bond donors (Lipinski definition) is 1. The minimum Gasteiger partial charge on any atom is -0.497 e. The van der Waals surface area contributed by atoms with Crippen LogP contribution in [-0.4, -0.2) is 36.4 Å². The number of methoxy groups -OCH3 is 1. The monoisotopic (exact) mass is 492 g/mol. The maximum Gasteiger partial charge on any atom is 0.243 e. The molecule has 3 rings (SSSR count). The van der Waals surface area contributed by atoms with Gasteiger partial charge in [-0.3, -0.25) is 9.59 Å². The van der Waals surface area contributed by atoms with Gasteiger partial charge in [0.05, 0.1) is 13.5 Å². The molecule has 3 aromatic rings. The lowest BCUT2D eigenvalue weighted by Gasteiger charge is -2.32. The predicted octanol–water partition coefficient (Wildman–Crippen LogP) is 5.30. The average molecular weight is 493 g/mol. The van der Waals surface area contributed by atoms with Crippen LogP contribution in [0.1, 0.15) is 30.5 Å². The maximum absolute atomic E-state index is 13.7. The van der Waals surface area contributed by atoms with E-state index in [0.717, 1.165) is 22.4 Å². The molecule has 0 heterocycles. The van der Waals surface area contributed by atoms with Gasteiger partial charge in [-0.05, 0) is 46.9 Å². The molecule has 2 amide bonds. The van der Waals surface area contributed by atoms with E-state index in [4.69, 9.17) is 16.3 Å². The highest BCUT2D eigenvalue weighted by Crippen LogP contribution is 2.19. The summed E-state index contributed by atoms with van der Waals surface area (Å²) in [4.78, 5) is 28.8. The predicted molar refractivity (Wildman–Crippen MR) is 140 cm³/mol. The van der Waals surface area contributed by atoms with Crippen LogP contribution in [0.15, 0.2) is 78.9 Å². The first-order valence-electron chi connectivity index (χ1n) is 11.8. The third-order valence-electron chi connectivity index (χ3n) is 5.74. The second-order valence-electron chi connectivity index (χ2n) is 9.02. The minimum absolute atomic E-state index is 0.120. The number of ether oxygens (including phenoxy) is 1. The molecule has 0 saturated heterocycles. The topological polar surface area (TPSA) is 58.6 Å². The van der Waals surface area contributed by atoms with Crippen molar-refractivity contribution in [1.29, 1.82) is 0 Å². The van der Waals surface area contributed by atoms with Crippen LogP contribution in [0.3, 0.4) is 0 Å². The number of nitrogens with one attached hydrogen (secondary N) is 1. The fraction of sp³-hybridized carbons (Fsp3) is 0.310. The van der Waals surface area contributed by atoms with Crippen LogP contribution >= 0.6 is 11.6 Å². The van der Waals surface area contributed by atoms with Crippen LogP contribution in [-0.2, 0) is 29.0 Å². The number of amides is 2. The number of carbonyl (C=O) groups excluding carboxylic acids is 2. The van der Waals surface area contributed by atoms with Crippen molar-refractivity contribution in [3.8, 4) is 5.75 Å². The number of nitrogens with zero attached hydrogens (tertiary/aromatic N) is 1.